The molecule has 0 saturated carbocycles. The summed E-state index contributed by atoms with van der Waals surface area (Å²) in [5.41, 5.74) is 7.92. The van der Waals surface area contributed by atoms with E-state index in [-0.39, 0.29) is 15.5 Å². The maximum Gasteiger partial charge on any atom is 0.261 e. The summed E-state index contributed by atoms with van der Waals surface area (Å²) in [6.45, 7) is 4.57. The highest BCUT2D eigenvalue weighted by Crippen LogP contribution is 2.31. The Hall–Kier alpha value is -2.09. The second kappa shape index (κ2) is 7.26. The second-order valence-electron chi connectivity index (χ2n) is 6.30. The van der Waals surface area contributed by atoms with Crippen LogP contribution in [0.25, 0.3) is 0 Å². The Labute approximate surface area is 158 Å². The van der Waals surface area contributed by atoms with Crippen LogP contribution in [0.4, 0.5) is 5.69 Å². The molecule has 0 atom stereocenters. The number of halogens is 1. The Morgan fingerprint density at radius 2 is 2.04 bits per heavy atom. The average molecular weight is 394 g/mol. The van der Waals surface area contributed by atoms with Crippen molar-refractivity contribution in [1.29, 1.82) is 0 Å². The number of nitrogens with one attached hydrogen (secondary N) is 1. The zero-order valence-electron chi connectivity index (χ0n) is 14.3. The molecule has 8 heteroatoms. The third kappa shape index (κ3) is 3.85. The summed E-state index contributed by atoms with van der Waals surface area (Å²) in [5, 5.41) is 0.133. The molecule has 0 aliphatic carbocycles. The molecule has 3 N–H and O–H groups in total. The molecule has 1 aliphatic heterocycles. The van der Waals surface area contributed by atoms with Gasteiger partial charge in [0.15, 0.2) is 0 Å². The minimum absolute atomic E-state index is 0.0466. The van der Waals surface area contributed by atoms with Crippen LogP contribution >= 0.6 is 11.6 Å². The number of rotatable bonds is 6. The van der Waals surface area contributed by atoms with Crippen LogP contribution in [0.3, 0.4) is 0 Å². The molecule has 1 aliphatic rings. The van der Waals surface area contributed by atoms with Gasteiger partial charge in [-0.25, -0.2) is 8.42 Å². The zero-order chi connectivity index (χ0) is 18.9. The minimum Gasteiger partial charge on any atom is -0.366 e. The molecule has 138 valence electrons. The molecule has 0 unspecified atom stereocenters. The van der Waals surface area contributed by atoms with Crippen LogP contribution in [0.15, 0.2) is 41.3 Å². The fourth-order valence-corrected chi connectivity index (χ4v) is 4.59. The van der Waals surface area contributed by atoms with E-state index in [1.165, 1.54) is 18.2 Å². The van der Waals surface area contributed by atoms with Gasteiger partial charge in [0.25, 0.3) is 10.0 Å². The smallest absolute Gasteiger partial charge is 0.261 e. The molecule has 0 fully saturated rings. The van der Waals surface area contributed by atoms with Gasteiger partial charge < -0.3 is 5.73 Å². The average Bonchev–Trinajstić information content (AvgIpc) is 2.98. The fraction of sp³-hybridized carbons (Fsp3) is 0.278. The van der Waals surface area contributed by atoms with Gasteiger partial charge in [-0.2, -0.15) is 0 Å². The zero-order valence-corrected chi connectivity index (χ0v) is 15.9. The fourth-order valence-electron chi connectivity index (χ4n) is 3.12. The number of sulfonamides is 1. The molecule has 6 nitrogen and oxygen atoms in total. The van der Waals surface area contributed by atoms with Gasteiger partial charge in [0, 0.05) is 23.7 Å². The normalized spacial score (nSPS) is 14.2. The van der Waals surface area contributed by atoms with Gasteiger partial charge in [-0.15, -0.1) is 0 Å². The second-order valence-corrected chi connectivity index (χ2v) is 8.42. The molecule has 0 spiro atoms. The maximum atomic E-state index is 12.8. The monoisotopic (exact) mass is 393 g/mol. The van der Waals surface area contributed by atoms with Crippen molar-refractivity contribution in [3.05, 3.63) is 58.1 Å². The molecular formula is C18H20ClN3O3S. The van der Waals surface area contributed by atoms with Crippen LogP contribution in [0.1, 0.15) is 34.8 Å². The Bertz CT molecular complexity index is 960. The van der Waals surface area contributed by atoms with E-state index in [9.17, 15) is 13.2 Å². The van der Waals surface area contributed by atoms with Crippen LogP contribution in [0.2, 0.25) is 5.02 Å². The van der Waals surface area contributed by atoms with E-state index >= 15 is 0 Å². The van der Waals surface area contributed by atoms with Crippen LogP contribution in [-0.2, 0) is 23.1 Å². The maximum absolute atomic E-state index is 12.8. The van der Waals surface area contributed by atoms with Gasteiger partial charge in [0.1, 0.15) is 0 Å². The Morgan fingerprint density at radius 3 is 2.73 bits per heavy atom. The van der Waals surface area contributed by atoms with E-state index in [0.717, 1.165) is 30.6 Å². The molecule has 1 heterocycles. The van der Waals surface area contributed by atoms with Gasteiger partial charge in [0.2, 0.25) is 5.91 Å². The summed E-state index contributed by atoms with van der Waals surface area (Å²) in [6.07, 6.45) is 1.04. The van der Waals surface area contributed by atoms with Crippen LogP contribution in [0, 0.1) is 0 Å². The first-order chi connectivity index (χ1) is 12.3. The van der Waals surface area contributed by atoms with E-state index in [1.807, 2.05) is 12.1 Å². The van der Waals surface area contributed by atoms with Crippen molar-refractivity contribution in [2.24, 2.45) is 5.73 Å². The van der Waals surface area contributed by atoms with Gasteiger partial charge in [-0.3, -0.25) is 14.4 Å². The van der Waals surface area contributed by atoms with E-state index in [0.29, 0.717) is 12.2 Å². The standard InChI is InChI=1S/C18H20ClN3O3S/c1-2-6-22-10-12-4-3-5-17(16(12)11-22)21-26(24,25)15-8-13(18(20)23)7-14(19)9-15/h3-5,7-9,21H,2,6,10-11H2,1H3,(H2,20,23). The number of primary amides is 1. The number of nitrogens with zero attached hydrogens (tertiary/aromatic N) is 1. The highest BCUT2D eigenvalue weighted by molar-refractivity contribution is 7.92. The summed E-state index contributed by atoms with van der Waals surface area (Å²) < 4.78 is 28.2. The first-order valence-corrected chi connectivity index (χ1v) is 10.1. The number of hydrogen-bond donors (Lipinski definition) is 2. The van der Waals surface area contributed by atoms with E-state index in [4.69, 9.17) is 17.3 Å². The van der Waals surface area contributed by atoms with Gasteiger partial charge in [0.05, 0.1) is 10.6 Å². The summed E-state index contributed by atoms with van der Waals surface area (Å²) in [5.74, 6) is -0.736. The lowest BCUT2D eigenvalue weighted by atomic mass is 10.1. The van der Waals surface area contributed by atoms with E-state index < -0.39 is 15.9 Å². The molecule has 3 rings (SSSR count). The van der Waals surface area contributed by atoms with Crippen molar-refractivity contribution in [2.45, 2.75) is 31.3 Å². The lowest BCUT2D eigenvalue weighted by Gasteiger charge is -2.14. The van der Waals surface area contributed by atoms with Crippen molar-refractivity contribution < 1.29 is 13.2 Å². The van der Waals surface area contributed by atoms with Gasteiger partial charge in [-0.1, -0.05) is 30.7 Å². The topological polar surface area (TPSA) is 92.5 Å². The predicted octanol–water partition coefficient (Wildman–Crippen LogP) is 2.97. The minimum atomic E-state index is -3.90. The first-order valence-electron chi connectivity index (χ1n) is 8.26. The quantitative estimate of drug-likeness (QED) is 0.789. The summed E-state index contributed by atoms with van der Waals surface area (Å²) >= 11 is 5.94. The van der Waals surface area contributed by atoms with Crippen molar-refractivity contribution in [2.75, 3.05) is 11.3 Å². The van der Waals surface area contributed by atoms with E-state index in [2.05, 4.69) is 16.5 Å². The number of amides is 1. The molecule has 26 heavy (non-hydrogen) atoms. The Balaban J connectivity index is 1.93. The van der Waals surface area contributed by atoms with E-state index in [1.54, 1.807) is 6.07 Å². The molecule has 2 aromatic rings. The molecular weight excluding hydrogens is 374 g/mol. The van der Waals surface area contributed by atoms with Crippen molar-refractivity contribution in [3.63, 3.8) is 0 Å². The van der Waals surface area contributed by atoms with Crippen LogP contribution < -0.4 is 10.5 Å². The largest absolute Gasteiger partial charge is 0.366 e. The van der Waals surface area contributed by atoms with Crippen molar-refractivity contribution >= 4 is 33.2 Å². The molecule has 0 aromatic heterocycles. The molecule has 0 radical (unpaired) electrons. The third-order valence-electron chi connectivity index (χ3n) is 4.30. The predicted molar refractivity (Wildman–Crippen MR) is 102 cm³/mol. The van der Waals surface area contributed by atoms with Gasteiger partial charge in [-0.05, 0) is 48.4 Å². The number of benzene rings is 2. The number of nitrogens with two attached hydrogens (primary N) is 1. The highest BCUT2D eigenvalue weighted by Gasteiger charge is 2.24. The SMILES string of the molecule is CCCN1Cc2cccc(NS(=O)(=O)c3cc(Cl)cc(C(N)=O)c3)c2C1. The van der Waals surface area contributed by atoms with Crippen molar-refractivity contribution in [3.8, 4) is 0 Å². The first kappa shape index (κ1) is 18.7. The summed E-state index contributed by atoms with van der Waals surface area (Å²) in [7, 11) is -3.90. The Kier molecular flexibility index (Phi) is 5.22. The number of carbonyl (C=O) groups excluding carboxylic acids is 1. The van der Waals surface area contributed by atoms with Crippen LogP contribution in [0.5, 0.6) is 0 Å². The molecule has 0 saturated heterocycles. The number of anilines is 1. The highest BCUT2D eigenvalue weighted by atomic mass is 35.5. The number of carbonyl (C=O) groups is 1. The molecule has 0 bridgehead atoms. The summed E-state index contributed by atoms with van der Waals surface area (Å²) in [6, 6.07) is 9.44. The molecule has 1 amide bonds. The lowest BCUT2D eigenvalue weighted by Crippen LogP contribution is -2.18. The lowest BCUT2D eigenvalue weighted by molar-refractivity contribution is 0.1000. The van der Waals surface area contributed by atoms with Crippen molar-refractivity contribution in [1.82, 2.24) is 4.90 Å². The third-order valence-corrected chi connectivity index (χ3v) is 5.86. The summed E-state index contributed by atoms with van der Waals surface area (Å²) in [4.78, 5) is 13.6. The van der Waals surface area contributed by atoms with Crippen LogP contribution in [-0.4, -0.2) is 25.8 Å². The van der Waals surface area contributed by atoms with Gasteiger partial charge >= 0.3 is 0 Å². The number of fused-ring (bicyclic) bond motifs is 1. The Morgan fingerprint density at radius 1 is 1.27 bits per heavy atom. The molecule has 2 aromatic carbocycles. The number of hydrogen-bond acceptors (Lipinski definition) is 4.